The fourth-order valence-electron chi connectivity index (χ4n) is 4.94. The highest BCUT2D eigenvalue weighted by Gasteiger charge is 2.34. The van der Waals surface area contributed by atoms with E-state index in [0.717, 1.165) is 27.5 Å². The quantitative estimate of drug-likeness (QED) is 0.304. The molecule has 0 saturated heterocycles. The van der Waals surface area contributed by atoms with Crippen molar-refractivity contribution in [2.24, 2.45) is 4.99 Å². The summed E-state index contributed by atoms with van der Waals surface area (Å²) < 4.78 is 14.6. The molecule has 0 amide bonds. The molecule has 0 fully saturated rings. The normalized spacial score (nSPS) is 15.1. The summed E-state index contributed by atoms with van der Waals surface area (Å²) in [7, 11) is 0. The van der Waals surface area contributed by atoms with Gasteiger partial charge in [-0.15, -0.1) is 11.3 Å². The van der Waals surface area contributed by atoms with E-state index in [4.69, 9.17) is 9.47 Å². The first-order chi connectivity index (χ1) is 19.2. The van der Waals surface area contributed by atoms with Gasteiger partial charge in [0.25, 0.3) is 5.56 Å². The SMILES string of the molecule is CCOC(=O)C1=C(C)N=c2s/c(=C/c3cc(C)n(-c4ccc(C(=O)OCC)cc4)c3C)c(=O)n2C1c1cccs1. The zero-order chi connectivity index (χ0) is 28.6. The van der Waals surface area contributed by atoms with E-state index in [1.54, 1.807) is 37.5 Å². The lowest BCUT2D eigenvalue weighted by molar-refractivity contribution is -0.139. The minimum Gasteiger partial charge on any atom is -0.463 e. The number of carbonyl (C=O) groups is 2. The van der Waals surface area contributed by atoms with Gasteiger partial charge >= 0.3 is 11.9 Å². The third-order valence-corrected chi connectivity index (χ3v) is 8.63. The van der Waals surface area contributed by atoms with Crippen molar-refractivity contribution in [3.63, 3.8) is 0 Å². The van der Waals surface area contributed by atoms with Crippen LogP contribution in [0.5, 0.6) is 0 Å². The standard InChI is InChI=1S/C30H29N3O5S2/c1-6-37-28(35)20-10-12-22(13-11-20)32-17(3)15-21(19(32)5)16-24-27(34)33-26(23-9-8-14-39-23)25(29(36)38-7-2)18(4)31-30(33)40-24/h8-16,26H,6-7H2,1-5H3/b24-16+. The van der Waals surface area contributed by atoms with Gasteiger partial charge in [0, 0.05) is 22.0 Å². The van der Waals surface area contributed by atoms with Crippen LogP contribution < -0.4 is 14.9 Å². The Morgan fingerprint density at radius 3 is 2.38 bits per heavy atom. The zero-order valence-corrected chi connectivity index (χ0v) is 24.5. The Balaban J connectivity index is 1.59. The number of aryl methyl sites for hydroxylation is 1. The first kappa shape index (κ1) is 27.5. The summed E-state index contributed by atoms with van der Waals surface area (Å²) in [6, 6.07) is 12.5. The molecule has 0 bridgehead atoms. The first-order valence-electron chi connectivity index (χ1n) is 12.9. The van der Waals surface area contributed by atoms with Crippen LogP contribution in [-0.4, -0.2) is 34.3 Å². The van der Waals surface area contributed by atoms with E-state index in [1.165, 1.54) is 22.7 Å². The van der Waals surface area contributed by atoms with Gasteiger partial charge < -0.3 is 14.0 Å². The number of fused-ring (bicyclic) bond motifs is 1. The molecule has 0 spiro atoms. The van der Waals surface area contributed by atoms with E-state index in [9.17, 15) is 14.4 Å². The molecule has 4 aromatic rings. The van der Waals surface area contributed by atoms with Gasteiger partial charge in [0.05, 0.1) is 34.6 Å². The average Bonchev–Trinajstić information content (AvgIpc) is 3.63. The Labute approximate surface area is 239 Å². The fourth-order valence-corrected chi connectivity index (χ4v) is 6.80. The van der Waals surface area contributed by atoms with Gasteiger partial charge in [0.1, 0.15) is 6.04 Å². The number of esters is 2. The number of thiazole rings is 1. The number of thiophene rings is 1. The van der Waals surface area contributed by atoms with Crippen molar-refractivity contribution in [1.82, 2.24) is 9.13 Å². The van der Waals surface area contributed by atoms with E-state index in [2.05, 4.69) is 9.56 Å². The molecular weight excluding hydrogens is 546 g/mol. The average molecular weight is 576 g/mol. The van der Waals surface area contributed by atoms with Crippen LogP contribution in [0.1, 0.15) is 59.0 Å². The Kier molecular flexibility index (Phi) is 7.73. The van der Waals surface area contributed by atoms with E-state index in [0.29, 0.717) is 32.8 Å². The molecule has 8 nitrogen and oxygen atoms in total. The van der Waals surface area contributed by atoms with E-state index >= 15 is 0 Å². The summed E-state index contributed by atoms with van der Waals surface area (Å²) in [4.78, 5) is 44.9. The predicted molar refractivity (Wildman–Crippen MR) is 156 cm³/mol. The Morgan fingerprint density at radius 2 is 1.73 bits per heavy atom. The molecular formula is C30H29N3O5S2. The van der Waals surface area contributed by atoms with Gasteiger partial charge in [-0.05, 0) is 88.0 Å². The third-order valence-electron chi connectivity index (χ3n) is 6.72. The third kappa shape index (κ3) is 4.89. The zero-order valence-electron chi connectivity index (χ0n) is 22.9. The second kappa shape index (κ2) is 11.2. The van der Waals surface area contributed by atoms with E-state index < -0.39 is 12.0 Å². The van der Waals surface area contributed by atoms with Crippen molar-refractivity contribution in [3.8, 4) is 5.69 Å². The maximum atomic E-state index is 13.8. The molecule has 0 N–H and O–H groups in total. The van der Waals surface area contributed by atoms with Crippen molar-refractivity contribution >= 4 is 40.7 Å². The maximum Gasteiger partial charge on any atom is 0.338 e. The first-order valence-corrected chi connectivity index (χ1v) is 14.6. The minimum absolute atomic E-state index is 0.208. The molecule has 1 aliphatic heterocycles. The second-order valence-electron chi connectivity index (χ2n) is 9.25. The van der Waals surface area contributed by atoms with Crippen molar-refractivity contribution in [2.75, 3.05) is 13.2 Å². The summed E-state index contributed by atoms with van der Waals surface area (Å²) >= 11 is 2.79. The van der Waals surface area contributed by atoms with Crippen LogP contribution in [0.3, 0.4) is 0 Å². The Hall–Kier alpha value is -4.02. The highest BCUT2D eigenvalue weighted by molar-refractivity contribution is 7.10. The van der Waals surface area contributed by atoms with Gasteiger partial charge in [0.2, 0.25) is 0 Å². The van der Waals surface area contributed by atoms with Crippen molar-refractivity contribution in [2.45, 2.75) is 40.7 Å². The minimum atomic E-state index is -0.595. The lowest BCUT2D eigenvalue weighted by Gasteiger charge is -2.23. The number of hydrogen-bond donors (Lipinski definition) is 0. The number of rotatable bonds is 7. The lowest BCUT2D eigenvalue weighted by Crippen LogP contribution is -2.39. The number of carbonyl (C=O) groups excluding carboxylic acids is 2. The Morgan fingerprint density at radius 1 is 1.02 bits per heavy atom. The second-order valence-corrected chi connectivity index (χ2v) is 11.2. The monoisotopic (exact) mass is 575 g/mol. The van der Waals surface area contributed by atoms with Crippen molar-refractivity contribution in [3.05, 3.63) is 106 Å². The van der Waals surface area contributed by atoms with E-state index in [1.807, 2.05) is 55.6 Å². The molecule has 0 saturated carbocycles. The molecule has 1 atom stereocenters. The van der Waals surface area contributed by atoms with Crippen molar-refractivity contribution in [1.29, 1.82) is 0 Å². The molecule has 10 heteroatoms. The maximum absolute atomic E-state index is 13.8. The molecule has 4 heterocycles. The highest BCUT2D eigenvalue weighted by Crippen LogP contribution is 2.33. The van der Waals surface area contributed by atoms with E-state index in [-0.39, 0.29) is 18.1 Å². The van der Waals surface area contributed by atoms with Gasteiger partial charge in [0.15, 0.2) is 4.80 Å². The highest BCUT2D eigenvalue weighted by atomic mass is 32.1. The van der Waals surface area contributed by atoms with Crippen LogP contribution >= 0.6 is 22.7 Å². The number of ether oxygens (including phenoxy) is 2. The molecule has 3 aromatic heterocycles. The molecule has 0 radical (unpaired) electrons. The molecule has 0 aliphatic carbocycles. The summed E-state index contributed by atoms with van der Waals surface area (Å²) in [6.07, 6.45) is 1.88. The molecule has 5 rings (SSSR count). The van der Waals surface area contributed by atoms with Crippen LogP contribution in [0.25, 0.3) is 11.8 Å². The molecule has 1 unspecified atom stereocenters. The van der Waals surface area contributed by atoms with Crippen LogP contribution in [0.15, 0.2) is 68.9 Å². The summed E-state index contributed by atoms with van der Waals surface area (Å²) in [5, 5.41) is 1.93. The number of nitrogens with zero attached hydrogens (tertiary/aromatic N) is 3. The lowest BCUT2D eigenvalue weighted by atomic mass is 10.0. The Bertz CT molecular complexity index is 1810. The van der Waals surface area contributed by atoms with Gasteiger partial charge in [-0.2, -0.15) is 0 Å². The fraction of sp³-hybridized carbons (Fsp3) is 0.267. The summed E-state index contributed by atoms with van der Waals surface area (Å²) in [5.41, 5.74) is 4.94. The number of benzene rings is 1. The molecule has 1 aromatic carbocycles. The number of allylic oxidation sites excluding steroid dienone is 1. The van der Waals surface area contributed by atoms with Gasteiger partial charge in [-0.25, -0.2) is 14.6 Å². The van der Waals surface area contributed by atoms with Crippen LogP contribution in [0, 0.1) is 13.8 Å². The summed E-state index contributed by atoms with van der Waals surface area (Å²) in [6.45, 7) is 9.87. The van der Waals surface area contributed by atoms with Crippen molar-refractivity contribution < 1.29 is 19.1 Å². The molecule has 40 heavy (non-hydrogen) atoms. The van der Waals surface area contributed by atoms with Crippen LogP contribution in [0.2, 0.25) is 0 Å². The largest absolute Gasteiger partial charge is 0.463 e. The topological polar surface area (TPSA) is 91.9 Å². The number of aromatic nitrogens is 2. The predicted octanol–water partition coefficient (Wildman–Crippen LogP) is 4.44. The molecule has 206 valence electrons. The van der Waals surface area contributed by atoms with Crippen LogP contribution in [0.4, 0.5) is 0 Å². The van der Waals surface area contributed by atoms with Gasteiger partial charge in [-0.1, -0.05) is 17.4 Å². The molecule has 1 aliphatic rings. The smallest absolute Gasteiger partial charge is 0.338 e. The van der Waals surface area contributed by atoms with Gasteiger partial charge in [-0.3, -0.25) is 9.36 Å². The summed E-state index contributed by atoms with van der Waals surface area (Å²) in [5.74, 6) is -0.817. The van der Waals surface area contributed by atoms with Crippen LogP contribution in [-0.2, 0) is 14.3 Å². The number of hydrogen-bond acceptors (Lipinski definition) is 8.